The zero-order valence-corrected chi connectivity index (χ0v) is 27.3. The molecule has 240 valence electrons. The second-order valence-electron chi connectivity index (χ2n) is 10.7. The van der Waals surface area contributed by atoms with Gasteiger partial charge in [0.2, 0.25) is 0 Å². The van der Waals surface area contributed by atoms with E-state index in [0.29, 0.717) is 34.4 Å². The Bertz CT molecular complexity index is 1880. The lowest BCUT2D eigenvalue weighted by molar-refractivity contribution is -0.132. The molecule has 0 bridgehead atoms. The van der Waals surface area contributed by atoms with Crippen LogP contribution in [0.25, 0.3) is 10.8 Å². The molecule has 5 rings (SSSR count). The molecule has 0 fully saturated rings. The van der Waals surface area contributed by atoms with E-state index >= 15 is 0 Å². The van der Waals surface area contributed by atoms with Gasteiger partial charge >= 0.3 is 0 Å². The van der Waals surface area contributed by atoms with E-state index in [-0.39, 0.29) is 11.4 Å². The topological polar surface area (TPSA) is 98.2 Å². The van der Waals surface area contributed by atoms with Gasteiger partial charge in [0, 0.05) is 11.4 Å². The van der Waals surface area contributed by atoms with Crippen molar-refractivity contribution in [2.24, 2.45) is 5.10 Å². The van der Waals surface area contributed by atoms with Crippen molar-refractivity contribution in [2.75, 3.05) is 7.11 Å². The van der Waals surface area contributed by atoms with Crippen molar-refractivity contribution in [3.05, 3.63) is 136 Å². The summed E-state index contributed by atoms with van der Waals surface area (Å²) < 4.78 is 17.4. The molecule has 0 aliphatic carbocycles. The molecule has 47 heavy (non-hydrogen) atoms. The van der Waals surface area contributed by atoms with Gasteiger partial charge in [-0.15, -0.1) is 0 Å². The zero-order valence-electron chi connectivity index (χ0n) is 25.8. The minimum absolute atomic E-state index is 0.235. The summed E-state index contributed by atoms with van der Waals surface area (Å²) in [6.07, 6.45) is 0.779. The molecule has 0 saturated carbocycles. The van der Waals surface area contributed by atoms with E-state index in [1.165, 1.54) is 12.3 Å². The third-order valence-corrected chi connectivity index (χ3v) is 7.85. The number of hydrazone groups is 1. The van der Waals surface area contributed by atoms with E-state index in [1.807, 2.05) is 54.6 Å². The molecule has 2 atom stereocenters. The maximum atomic E-state index is 13.3. The van der Waals surface area contributed by atoms with Gasteiger partial charge in [0.25, 0.3) is 11.8 Å². The van der Waals surface area contributed by atoms with Gasteiger partial charge in [-0.05, 0) is 70.8 Å². The van der Waals surface area contributed by atoms with E-state index in [0.717, 1.165) is 21.9 Å². The Morgan fingerprint density at radius 2 is 1.57 bits per heavy atom. The van der Waals surface area contributed by atoms with Crippen LogP contribution in [0.4, 0.5) is 0 Å². The maximum absolute atomic E-state index is 13.3. The van der Waals surface area contributed by atoms with Crippen molar-refractivity contribution in [3.8, 4) is 17.2 Å². The number of carbonyl (C=O) groups is 2. The summed E-state index contributed by atoms with van der Waals surface area (Å²) in [6, 6.07) is 32.8. The van der Waals surface area contributed by atoms with Crippen molar-refractivity contribution in [2.45, 2.75) is 32.1 Å². The highest BCUT2D eigenvalue weighted by molar-refractivity contribution is 6.35. The number of nitrogens with zero attached hydrogens (tertiary/aromatic N) is 1. The maximum Gasteiger partial charge on any atom is 0.262 e. The molecule has 8 nitrogen and oxygen atoms in total. The number of hydrogen-bond acceptors (Lipinski definition) is 6. The minimum Gasteiger partial charge on any atom is -0.493 e. The smallest absolute Gasteiger partial charge is 0.262 e. The molecule has 0 spiro atoms. The molecule has 0 heterocycles. The molecular weight excluding hydrogens is 637 g/mol. The quantitative estimate of drug-likeness (QED) is 0.101. The van der Waals surface area contributed by atoms with Crippen LogP contribution in [-0.2, 0) is 22.6 Å². The Kier molecular flexibility index (Phi) is 11.3. The molecule has 0 unspecified atom stereocenters. The number of nitrogens with one attached hydrogen (secondary N) is 2. The van der Waals surface area contributed by atoms with Crippen LogP contribution in [-0.4, -0.2) is 37.3 Å². The van der Waals surface area contributed by atoms with Crippen LogP contribution in [0.2, 0.25) is 10.0 Å². The summed E-state index contributed by atoms with van der Waals surface area (Å²) >= 11 is 12.2. The van der Waals surface area contributed by atoms with E-state index in [4.69, 9.17) is 37.4 Å². The largest absolute Gasteiger partial charge is 0.493 e. The van der Waals surface area contributed by atoms with Gasteiger partial charge in [-0.25, -0.2) is 5.43 Å². The van der Waals surface area contributed by atoms with E-state index < -0.39 is 24.0 Å². The number of halogens is 2. The van der Waals surface area contributed by atoms with Crippen molar-refractivity contribution < 1.29 is 23.8 Å². The van der Waals surface area contributed by atoms with Gasteiger partial charge < -0.3 is 19.5 Å². The lowest BCUT2D eigenvalue weighted by Crippen LogP contribution is -2.50. The molecule has 0 aliphatic heterocycles. The molecule has 5 aromatic carbocycles. The van der Waals surface area contributed by atoms with Crippen LogP contribution < -0.4 is 25.0 Å². The summed E-state index contributed by atoms with van der Waals surface area (Å²) in [5.74, 6) is 0.387. The fourth-order valence-corrected chi connectivity index (χ4v) is 5.32. The Morgan fingerprint density at radius 3 is 2.36 bits per heavy atom. The fourth-order valence-electron chi connectivity index (χ4n) is 4.87. The molecule has 2 N–H and O–H groups in total. The normalized spacial score (nSPS) is 12.3. The first-order valence-corrected chi connectivity index (χ1v) is 15.6. The van der Waals surface area contributed by atoms with Gasteiger partial charge in [-0.2, -0.15) is 5.10 Å². The molecule has 10 heteroatoms. The number of ether oxygens (including phenoxy) is 3. The summed E-state index contributed by atoms with van der Waals surface area (Å²) in [4.78, 5) is 26.4. The molecule has 0 aromatic heterocycles. The van der Waals surface area contributed by atoms with Crippen molar-refractivity contribution in [1.82, 2.24) is 10.7 Å². The summed E-state index contributed by atoms with van der Waals surface area (Å²) in [7, 11) is 1.56. The zero-order chi connectivity index (χ0) is 33.2. The number of methoxy groups -OCH3 is 1. The van der Waals surface area contributed by atoms with Crippen molar-refractivity contribution >= 4 is 52.0 Å². The summed E-state index contributed by atoms with van der Waals surface area (Å²) in [5.41, 5.74) is 5.13. The van der Waals surface area contributed by atoms with Crippen LogP contribution in [0.3, 0.4) is 0 Å². The highest BCUT2D eigenvalue weighted by Crippen LogP contribution is 2.30. The van der Waals surface area contributed by atoms with Crippen molar-refractivity contribution in [1.29, 1.82) is 0 Å². The Balaban J connectivity index is 1.23. The van der Waals surface area contributed by atoms with Crippen LogP contribution in [0.15, 0.2) is 114 Å². The van der Waals surface area contributed by atoms with Crippen molar-refractivity contribution in [3.63, 3.8) is 0 Å². The molecule has 0 radical (unpaired) electrons. The standard InChI is InChI=1S/C37H33Cl2N3O5/c1-24(47-33-18-16-29(38)21-31(33)39)36(43)41-32(19-25-9-4-3-5-10-25)37(44)42-40-22-26-15-17-34(35(20-26)45-2)46-23-28-13-8-12-27-11-6-7-14-30(27)28/h3-18,20-22,24,32H,19,23H2,1-2H3,(H,41,43)(H,42,44)/b40-22-/t24-,32+/m1/s1. The highest BCUT2D eigenvalue weighted by Gasteiger charge is 2.25. The highest BCUT2D eigenvalue weighted by atomic mass is 35.5. The summed E-state index contributed by atoms with van der Waals surface area (Å²) in [5, 5.41) is 9.90. The average molecular weight is 671 g/mol. The Labute approximate surface area is 283 Å². The minimum atomic E-state index is -0.947. The predicted molar refractivity (Wildman–Crippen MR) is 186 cm³/mol. The molecule has 0 aliphatic rings. The SMILES string of the molecule is COc1cc(/C=N\NC(=O)[C@H](Cc2ccccc2)NC(=O)[C@@H](C)Oc2ccc(Cl)cc2Cl)ccc1OCc1cccc2ccccc12. The third-order valence-electron chi connectivity index (χ3n) is 7.32. The molecule has 2 amide bonds. The Morgan fingerprint density at radius 1 is 0.830 bits per heavy atom. The molecular formula is C37H33Cl2N3O5. The van der Waals surface area contributed by atoms with Gasteiger partial charge in [-0.1, -0.05) is 96.0 Å². The monoisotopic (exact) mass is 669 g/mol. The second kappa shape index (κ2) is 16.0. The van der Waals surface area contributed by atoms with Crippen LogP contribution >= 0.6 is 23.2 Å². The third kappa shape index (κ3) is 9.03. The number of hydrogen-bond donors (Lipinski definition) is 2. The average Bonchev–Trinajstić information content (AvgIpc) is 3.08. The van der Waals surface area contributed by atoms with Gasteiger partial charge in [0.05, 0.1) is 18.3 Å². The van der Waals surface area contributed by atoms with E-state index in [9.17, 15) is 9.59 Å². The van der Waals surface area contributed by atoms with Gasteiger partial charge in [0.15, 0.2) is 17.6 Å². The van der Waals surface area contributed by atoms with Crippen LogP contribution in [0.5, 0.6) is 17.2 Å². The lowest BCUT2D eigenvalue weighted by atomic mass is 10.1. The van der Waals surface area contributed by atoms with Crippen LogP contribution in [0, 0.1) is 0 Å². The number of rotatable bonds is 13. The first-order chi connectivity index (χ1) is 22.8. The fraction of sp³-hybridized carbons (Fsp3) is 0.162. The molecule has 5 aromatic rings. The molecule has 0 saturated heterocycles. The number of amides is 2. The second-order valence-corrected chi connectivity index (χ2v) is 11.5. The van der Waals surface area contributed by atoms with Crippen LogP contribution in [0.1, 0.15) is 23.6 Å². The summed E-state index contributed by atoms with van der Waals surface area (Å²) in [6.45, 7) is 1.94. The lowest BCUT2D eigenvalue weighted by Gasteiger charge is -2.21. The number of carbonyl (C=O) groups excluding carboxylic acids is 2. The van der Waals surface area contributed by atoms with E-state index in [1.54, 1.807) is 44.4 Å². The first-order valence-electron chi connectivity index (χ1n) is 14.9. The Hall–Kier alpha value is -5.05. The number of fused-ring (bicyclic) bond motifs is 1. The first kappa shape index (κ1) is 33.3. The van der Waals surface area contributed by atoms with E-state index in [2.05, 4.69) is 34.0 Å². The van der Waals surface area contributed by atoms with Gasteiger partial charge in [-0.3, -0.25) is 9.59 Å². The van der Waals surface area contributed by atoms with Gasteiger partial charge in [0.1, 0.15) is 18.4 Å². The predicted octanol–water partition coefficient (Wildman–Crippen LogP) is 7.38. The number of benzene rings is 5.